The number of aldehydes is 1. The van der Waals surface area contributed by atoms with Crippen LogP contribution < -0.4 is 10.6 Å². The lowest BCUT2D eigenvalue weighted by atomic mass is 10.1. The van der Waals surface area contributed by atoms with Crippen molar-refractivity contribution in [2.24, 2.45) is 5.73 Å². The molecule has 0 aliphatic carbocycles. The van der Waals surface area contributed by atoms with Crippen LogP contribution in [-0.4, -0.2) is 36.2 Å². The van der Waals surface area contributed by atoms with Gasteiger partial charge < -0.3 is 16.0 Å². The Morgan fingerprint density at radius 1 is 1.58 bits per heavy atom. The third-order valence-corrected chi connectivity index (χ3v) is 2.96. The molecule has 0 bridgehead atoms. The van der Waals surface area contributed by atoms with Gasteiger partial charge in [-0.3, -0.25) is 4.79 Å². The minimum Gasteiger partial charge on any atom is -0.396 e. The van der Waals surface area contributed by atoms with Gasteiger partial charge in [0.15, 0.2) is 6.29 Å². The Kier molecular flexibility index (Phi) is 3.89. The molecule has 0 amide bonds. The fourth-order valence-corrected chi connectivity index (χ4v) is 1.94. The first-order valence-electron chi connectivity index (χ1n) is 5.96. The number of nitrogens with two attached hydrogens (primary N) is 1. The molecule has 1 aliphatic heterocycles. The number of hydrogen-bond donors (Lipinski definition) is 2. The Bertz CT molecular complexity index is 512. The van der Waals surface area contributed by atoms with Crippen molar-refractivity contribution < 1.29 is 9.18 Å². The molecule has 0 radical (unpaired) electrons. The number of allylic oxidation sites excluding steroid dienone is 2. The van der Waals surface area contributed by atoms with Gasteiger partial charge in [0.05, 0.1) is 18.0 Å². The van der Waals surface area contributed by atoms with Gasteiger partial charge in [-0.1, -0.05) is 0 Å². The van der Waals surface area contributed by atoms with E-state index in [4.69, 9.17) is 11.1 Å². The van der Waals surface area contributed by atoms with E-state index < -0.39 is 6.17 Å². The molecule has 0 unspecified atom stereocenters. The average Bonchev–Trinajstić information content (AvgIpc) is 2.85. The highest BCUT2D eigenvalue weighted by atomic mass is 19.1. The molecule has 1 saturated heterocycles. The molecule has 19 heavy (non-hydrogen) atoms. The lowest BCUT2D eigenvalue weighted by Gasteiger charge is -2.16. The SMILES string of the molecule is N=C(C=C(N)C=O)c1ccc(N2CC[C@H](F)C2)nc1. The van der Waals surface area contributed by atoms with Crippen LogP contribution in [0.1, 0.15) is 12.0 Å². The molecule has 2 heterocycles. The Balaban J connectivity index is 2.10. The van der Waals surface area contributed by atoms with Crippen LogP contribution in [-0.2, 0) is 4.79 Å². The summed E-state index contributed by atoms with van der Waals surface area (Å²) in [5, 5.41) is 7.75. The molecule has 3 N–H and O–H groups in total. The van der Waals surface area contributed by atoms with Crippen molar-refractivity contribution in [3.63, 3.8) is 0 Å². The molecule has 0 aromatic carbocycles. The van der Waals surface area contributed by atoms with E-state index in [9.17, 15) is 9.18 Å². The van der Waals surface area contributed by atoms with E-state index in [1.165, 1.54) is 12.3 Å². The Hall–Kier alpha value is -2.24. The maximum atomic E-state index is 13.1. The van der Waals surface area contributed by atoms with Crippen LogP contribution in [0.3, 0.4) is 0 Å². The normalized spacial score (nSPS) is 19.5. The summed E-state index contributed by atoms with van der Waals surface area (Å²) in [5.74, 6) is 0.698. The summed E-state index contributed by atoms with van der Waals surface area (Å²) in [6.45, 7) is 1.02. The molecular formula is C13H15FN4O. The first-order valence-corrected chi connectivity index (χ1v) is 5.96. The quantitative estimate of drug-likeness (QED) is 0.482. The number of carbonyl (C=O) groups excluding carboxylic acids is 1. The summed E-state index contributed by atoms with van der Waals surface area (Å²) in [6.07, 6.45) is 3.02. The molecular weight excluding hydrogens is 247 g/mol. The van der Waals surface area contributed by atoms with E-state index >= 15 is 0 Å². The Morgan fingerprint density at radius 3 is 2.89 bits per heavy atom. The number of nitrogens with zero attached hydrogens (tertiary/aromatic N) is 2. The number of nitrogens with one attached hydrogen (secondary N) is 1. The van der Waals surface area contributed by atoms with Crippen molar-refractivity contribution >= 4 is 17.8 Å². The summed E-state index contributed by atoms with van der Waals surface area (Å²) >= 11 is 0. The number of halogens is 1. The second-order valence-electron chi connectivity index (χ2n) is 4.41. The van der Waals surface area contributed by atoms with E-state index in [-0.39, 0.29) is 11.4 Å². The molecule has 1 aliphatic rings. The Labute approximate surface area is 110 Å². The van der Waals surface area contributed by atoms with Crippen molar-refractivity contribution in [2.45, 2.75) is 12.6 Å². The van der Waals surface area contributed by atoms with Crippen LogP contribution in [0.5, 0.6) is 0 Å². The van der Waals surface area contributed by atoms with Crippen LogP contribution in [0.15, 0.2) is 30.1 Å². The first kappa shape index (κ1) is 13.2. The van der Waals surface area contributed by atoms with Gasteiger partial charge in [0.2, 0.25) is 0 Å². The molecule has 100 valence electrons. The van der Waals surface area contributed by atoms with E-state index in [0.29, 0.717) is 37.2 Å². The molecule has 0 saturated carbocycles. The lowest BCUT2D eigenvalue weighted by Crippen LogP contribution is -2.21. The second-order valence-corrected chi connectivity index (χ2v) is 4.41. The van der Waals surface area contributed by atoms with Gasteiger partial charge in [-0.2, -0.15) is 0 Å². The molecule has 2 rings (SSSR count). The van der Waals surface area contributed by atoms with Crippen molar-refractivity contribution in [1.82, 2.24) is 4.98 Å². The predicted molar refractivity (Wildman–Crippen MR) is 71.1 cm³/mol. The maximum Gasteiger partial charge on any atom is 0.165 e. The minimum atomic E-state index is -0.796. The fraction of sp³-hybridized carbons (Fsp3) is 0.308. The predicted octanol–water partition coefficient (Wildman–Crippen LogP) is 1.04. The zero-order valence-electron chi connectivity index (χ0n) is 10.3. The van der Waals surface area contributed by atoms with Crippen molar-refractivity contribution in [3.05, 3.63) is 35.7 Å². The van der Waals surface area contributed by atoms with Crippen LogP contribution in [0, 0.1) is 5.41 Å². The summed E-state index contributed by atoms with van der Waals surface area (Å²) < 4.78 is 13.1. The number of aromatic nitrogens is 1. The molecule has 5 nitrogen and oxygen atoms in total. The summed E-state index contributed by atoms with van der Waals surface area (Å²) in [7, 11) is 0. The fourth-order valence-electron chi connectivity index (χ4n) is 1.94. The van der Waals surface area contributed by atoms with Gasteiger partial charge in [0, 0.05) is 18.3 Å². The number of pyridine rings is 1. The van der Waals surface area contributed by atoms with Crippen molar-refractivity contribution in [2.75, 3.05) is 18.0 Å². The maximum absolute atomic E-state index is 13.1. The third-order valence-electron chi connectivity index (χ3n) is 2.96. The molecule has 1 aromatic rings. The summed E-state index contributed by atoms with van der Waals surface area (Å²) in [6, 6.07) is 3.46. The standard InChI is InChI=1S/C13H15FN4O/c14-10-3-4-18(7-10)13-2-1-9(6-17-13)12(16)5-11(15)8-19/h1-2,5-6,8,10,16H,3-4,7,15H2/t10-/m0/s1. The van der Waals surface area contributed by atoms with Crippen LogP contribution in [0.2, 0.25) is 0 Å². The highest BCUT2D eigenvalue weighted by molar-refractivity contribution is 6.08. The zero-order chi connectivity index (χ0) is 13.8. The van der Waals surface area contributed by atoms with Crippen LogP contribution in [0.25, 0.3) is 0 Å². The van der Waals surface area contributed by atoms with Crippen LogP contribution >= 0.6 is 0 Å². The summed E-state index contributed by atoms with van der Waals surface area (Å²) in [4.78, 5) is 16.5. The van der Waals surface area contributed by atoms with Gasteiger partial charge in [-0.05, 0) is 24.6 Å². The van der Waals surface area contributed by atoms with E-state index in [1.54, 1.807) is 12.1 Å². The van der Waals surface area contributed by atoms with E-state index in [1.807, 2.05) is 4.90 Å². The smallest absolute Gasteiger partial charge is 0.165 e. The molecule has 0 spiro atoms. The van der Waals surface area contributed by atoms with Crippen LogP contribution in [0.4, 0.5) is 10.2 Å². The number of alkyl halides is 1. The summed E-state index contributed by atoms with van der Waals surface area (Å²) in [5.41, 5.74) is 6.01. The van der Waals surface area contributed by atoms with Gasteiger partial charge >= 0.3 is 0 Å². The molecule has 6 heteroatoms. The average molecular weight is 262 g/mol. The van der Waals surface area contributed by atoms with Gasteiger partial charge in [-0.25, -0.2) is 9.37 Å². The topological polar surface area (TPSA) is 83.1 Å². The number of carbonyl (C=O) groups is 1. The van der Waals surface area contributed by atoms with E-state index in [2.05, 4.69) is 4.98 Å². The van der Waals surface area contributed by atoms with Gasteiger partial charge in [0.25, 0.3) is 0 Å². The zero-order valence-corrected chi connectivity index (χ0v) is 10.3. The number of rotatable bonds is 4. The highest BCUT2D eigenvalue weighted by Crippen LogP contribution is 2.19. The molecule has 1 fully saturated rings. The van der Waals surface area contributed by atoms with Crippen molar-refractivity contribution in [3.8, 4) is 0 Å². The second kappa shape index (κ2) is 5.60. The molecule has 1 atom stereocenters. The number of hydrogen-bond acceptors (Lipinski definition) is 5. The monoisotopic (exact) mass is 262 g/mol. The van der Waals surface area contributed by atoms with Gasteiger partial charge in [-0.15, -0.1) is 0 Å². The van der Waals surface area contributed by atoms with E-state index in [0.717, 1.165) is 0 Å². The number of anilines is 1. The van der Waals surface area contributed by atoms with Gasteiger partial charge in [0.1, 0.15) is 12.0 Å². The molecule has 1 aromatic heterocycles. The third kappa shape index (κ3) is 3.15. The highest BCUT2D eigenvalue weighted by Gasteiger charge is 2.22. The van der Waals surface area contributed by atoms with Crippen molar-refractivity contribution in [1.29, 1.82) is 5.41 Å². The largest absolute Gasteiger partial charge is 0.396 e. The first-order chi connectivity index (χ1) is 9.10. The Morgan fingerprint density at radius 2 is 2.37 bits per heavy atom. The lowest BCUT2D eigenvalue weighted by molar-refractivity contribution is -0.104. The minimum absolute atomic E-state index is 0.00566.